The highest BCUT2D eigenvalue weighted by atomic mass is 32.2. The van der Waals surface area contributed by atoms with E-state index in [1.807, 2.05) is 0 Å². The lowest BCUT2D eigenvalue weighted by Gasteiger charge is -2.25. The summed E-state index contributed by atoms with van der Waals surface area (Å²) in [6.07, 6.45) is 4.23. The van der Waals surface area contributed by atoms with Crippen molar-refractivity contribution >= 4 is 21.5 Å². The van der Waals surface area contributed by atoms with Gasteiger partial charge in [-0.3, -0.25) is 4.98 Å². The average Bonchev–Trinajstić information content (AvgIpc) is 2.71. The van der Waals surface area contributed by atoms with Crippen molar-refractivity contribution in [2.45, 2.75) is 19.4 Å². The van der Waals surface area contributed by atoms with Crippen molar-refractivity contribution in [3.05, 3.63) is 12.4 Å². The van der Waals surface area contributed by atoms with Crippen LogP contribution in [0.15, 0.2) is 12.4 Å². The predicted octanol–water partition coefficient (Wildman–Crippen LogP) is -0.741. The average molecular weight is 285 g/mol. The summed E-state index contributed by atoms with van der Waals surface area (Å²) in [5.74, 6) is 0.589. The standard InChI is InChI=1S/C9H15N7O2S/c1-9(2,13-19(3,17)18)6-11-7-4-10-5-8-12-14-15-16(7)8/h4-5,11,13H,6H2,1-3H3. The van der Waals surface area contributed by atoms with Gasteiger partial charge in [0.25, 0.3) is 0 Å². The van der Waals surface area contributed by atoms with E-state index >= 15 is 0 Å². The van der Waals surface area contributed by atoms with E-state index in [1.165, 1.54) is 10.7 Å². The van der Waals surface area contributed by atoms with E-state index in [0.29, 0.717) is 18.0 Å². The minimum atomic E-state index is -3.27. The van der Waals surface area contributed by atoms with Crippen molar-refractivity contribution in [3.8, 4) is 0 Å². The van der Waals surface area contributed by atoms with Gasteiger partial charge in [-0.05, 0) is 24.3 Å². The lowest BCUT2D eigenvalue weighted by atomic mass is 10.1. The summed E-state index contributed by atoms with van der Waals surface area (Å²) >= 11 is 0. The zero-order chi connectivity index (χ0) is 14.1. The summed E-state index contributed by atoms with van der Waals surface area (Å²) in [6.45, 7) is 3.91. The van der Waals surface area contributed by atoms with E-state index in [4.69, 9.17) is 0 Å². The monoisotopic (exact) mass is 285 g/mol. The number of sulfonamides is 1. The first-order valence-electron chi connectivity index (χ1n) is 5.52. The van der Waals surface area contributed by atoms with Crippen LogP contribution >= 0.6 is 0 Å². The fourth-order valence-electron chi connectivity index (χ4n) is 1.65. The summed E-state index contributed by atoms with van der Waals surface area (Å²) < 4.78 is 26.5. The Morgan fingerprint density at radius 3 is 2.79 bits per heavy atom. The zero-order valence-corrected chi connectivity index (χ0v) is 11.6. The largest absolute Gasteiger partial charge is 0.367 e. The first kappa shape index (κ1) is 13.6. The maximum Gasteiger partial charge on any atom is 0.209 e. The molecule has 0 aliphatic rings. The van der Waals surface area contributed by atoms with E-state index < -0.39 is 15.6 Å². The molecule has 0 aliphatic carbocycles. The van der Waals surface area contributed by atoms with Gasteiger partial charge in [0.1, 0.15) is 5.82 Å². The molecular formula is C9H15N7O2S. The summed E-state index contributed by atoms with van der Waals surface area (Å²) in [4.78, 5) is 4.00. The Kier molecular flexibility index (Phi) is 3.37. The maximum absolute atomic E-state index is 11.2. The molecule has 0 aromatic carbocycles. The van der Waals surface area contributed by atoms with Crippen LogP contribution in [-0.4, -0.2) is 51.8 Å². The molecule has 2 aromatic heterocycles. The third-order valence-electron chi connectivity index (χ3n) is 2.28. The normalized spacial score (nSPS) is 12.8. The van der Waals surface area contributed by atoms with Gasteiger partial charge in [-0.1, -0.05) is 0 Å². The number of nitrogens with one attached hydrogen (secondary N) is 2. The number of aromatic nitrogens is 5. The topological polar surface area (TPSA) is 114 Å². The van der Waals surface area contributed by atoms with E-state index in [2.05, 4.69) is 30.5 Å². The Hall–Kier alpha value is -1.81. The molecule has 0 radical (unpaired) electrons. The van der Waals surface area contributed by atoms with E-state index in [-0.39, 0.29) is 0 Å². The number of tetrazole rings is 1. The van der Waals surface area contributed by atoms with Crippen molar-refractivity contribution in [2.24, 2.45) is 0 Å². The van der Waals surface area contributed by atoms with Crippen LogP contribution < -0.4 is 10.0 Å². The van der Waals surface area contributed by atoms with Crippen molar-refractivity contribution in [1.29, 1.82) is 0 Å². The molecule has 0 saturated carbocycles. The number of hydrogen-bond donors (Lipinski definition) is 2. The molecule has 0 fully saturated rings. The minimum Gasteiger partial charge on any atom is -0.367 e. The Morgan fingerprint density at radius 1 is 1.37 bits per heavy atom. The van der Waals surface area contributed by atoms with E-state index in [9.17, 15) is 8.42 Å². The van der Waals surface area contributed by atoms with E-state index in [1.54, 1.807) is 20.0 Å². The molecule has 104 valence electrons. The molecule has 2 N–H and O–H groups in total. The minimum absolute atomic E-state index is 0.362. The van der Waals surface area contributed by atoms with Gasteiger partial charge in [0, 0.05) is 12.1 Å². The molecule has 0 bridgehead atoms. The maximum atomic E-state index is 11.2. The van der Waals surface area contributed by atoms with Crippen LogP contribution in [0.25, 0.3) is 5.65 Å². The molecule has 10 heteroatoms. The smallest absolute Gasteiger partial charge is 0.209 e. The van der Waals surface area contributed by atoms with Gasteiger partial charge in [0.15, 0.2) is 5.65 Å². The molecule has 0 atom stereocenters. The number of fused-ring (bicyclic) bond motifs is 1. The summed E-state index contributed by atoms with van der Waals surface area (Å²) in [5, 5.41) is 14.2. The van der Waals surface area contributed by atoms with Crippen molar-refractivity contribution < 1.29 is 8.42 Å². The Labute approximate surface area is 110 Å². The van der Waals surface area contributed by atoms with Gasteiger partial charge in [-0.25, -0.2) is 13.1 Å². The fraction of sp³-hybridized carbons (Fsp3) is 0.556. The summed E-state index contributed by atoms with van der Waals surface area (Å²) in [7, 11) is -3.27. The first-order chi connectivity index (χ1) is 8.77. The lowest BCUT2D eigenvalue weighted by Crippen LogP contribution is -2.47. The van der Waals surface area contributed by atoms with Crippen molar-refractivity contribution in [2.75, 3.05) is 18.1 Å². The molecule has 0 spiro atoms. The summed E-state index contributed by atoms with van der Waals surface area (Å²) in [5.41, 5.74) is -0.136. The highest BCUT2D eigenvalue weighted by Crippen LogP contribution is 2.09. The Bertz CT molecular complexity index is 679. The molecule has 2 heterocycles. The van der Waals surface area contributed by atoms with Crippen LogP contribution in [0.1, 0.15) is 13.8 Å². The zero-order valence-electron chi connectivity index (χ0n) is 10.8. The van der Waals surface area contributed by atoms with Crippen LogP contribution in [0.3, 0.4) is 0 Å². The van der Waals surface area contributed by atoms with Crippen molar-refractivity contribution in [1.82, 2.24) is 29.7 Å². The van der Waals surface area contributed by atoms with Gasteiger partial charge in [-0.15, -0.1) is 5.10 Å². The number of hydrogen-bond acceptors (Lipinski definition) is 7. The van der Waals surface area contributed by atoms with Crippen LogP contribution in [0.5, 0.6) is 0 Å². The number of nitrogens with zero attached hydrogens (tertiary/aromatic N) is 5. The molecule has 19 heavy (non-hydrogen) atoms. The van der Waals surface area contributed by atoms with Gasteiger partial charge >= 0.3 is 0 Å². The molecule has 0 amide bonds. The molecule has 0 aliphatic heterocycles. The second-order valence-corrected chi connectivity index (χ2v) is 6.60. The van der Waals surface area contributed by atoms with Crippen LogP contribution in [-0.2, 0) is 10.0 Å². The van der Waals surface area contributed by atoms with Crippen LogP contribution in [0.2, 0.25) is 0 Å². The predicted molar refractivity (Wildman–Crippen MR) is 69.1 cm³/mol. The van der Waals surface area contributed by atoms with E-state index in [0.717, 1.165) is 6.26 Å². The molecular weight excluding hydrogens is 270 g/mol. The van der Waals surface area contributed by atoms with Crippen LogP contribution in [0.4, 0.5) is 5.82 Å². The van der Waals surface area contributed by atoms with Gasteiger partial charge in [0.2, 0.25) is 10.0 Å². The second-order valence-electron chi connectivity index (χ2n) is 4.85. The third kappa shape index (κ3) is 3.58. The molecule has 2 rings (SSSR count). The molecule has 2 aromatic rings. The fourth-order valence-corrected chi connectivity index (χ4v) is 2.72. The third-order valence-corrected chi connectivity index (χ3v) is 3.21. The Balaban J connectivity index is 2.12. The molecule has 0 saturated heterocycles. The molecule has 9 nitrogen and oxygen atoms in total. The number of rotatable bonds is 5. The SMILES string of the molecule is CC(C)(CNc1cncc2nnnn12)NS(C)(=O)=O. The van der Waals surface area contributed by atoms with Gasteiger partial charge < -0.3 is 5.32 Å². The quantitative estimate of drug-likeness (QED) is 0.743. The highest BCUT2D eigenvalue weighted by Gasteiger charge is 2.22. The Morgan fingerprint density at radius 2 is 2.11 bits per heavy atom. The van der Waals surface area contributed by atoms with Gasteiger partial charge in [0.05, 0.1) is 18.6 Å². The number of anilines is 1. The highest BCUT2D eigenvalue weighted by molar-refractivity contribution is 7.88. The van der Waals surface area contributed by atoms with Crippen molar-refractivity contribution in [3.63, 3.8) is 0 Å². The lowest BCUT2D eigenvalue weighted by molar-refractivity contribution is 0.475. The molecule has 0 unspecified atom stereocenters. The van der Waals surface area contributed by atoms with Gasteiger partial charge in [-0.2, -0.15) is 4.52 Å². The summed E-state index contributed by atoms with van der Waals surface area (Å²) in [6, 6.07) is 0. The first-order valence-corrected chi connectivity index (χ1v) is 7.41. The van der Waals surface area contributed by atoms with Crippen LogP contribution in [0, 0.1) is 0 Å². The second kappa shape index (κ2) is 4.70.